The molecule has 35 heavy (non-hydrogen) atoms. The molecule has 8 heteroatoms. The fraction of sp³-hybridized carbons (Fsp3) is 0.222. The molecule has 0 fully saturated rings. The standard InChI is InChI=1S/C27H24F3NO4/c1-16-9-10-17(2)22(13-16)34-25-23(33)19-11-12-21(32)20(24(19)35-26(25)27(28,29)30)15-31(3)14-18-7-5-4-6-8-18/h4-13,32H,14-15H2,1-3H3/p+1. The molecule has 182 valence electrons. The van der Waals surface area contributed by atoms with Gasteiger partial charge in [0.25, 0.3) is 5.76 Å². The average molecular weight is 484 g/mol. The summed E-state index contributed by atoms with van der Waals surface area (Å²) in [6.07, 6.45) is -4.99. The second-order valence-electron chi connectivity index (χ2n) is 8.69. The first-order valence-electron chi connectivity index (χ1n) is 11.0. The zero-order valence-corrected chi connectivity index (χ0v) is 19.5. The van der Waals surface area contributed by atoms with Gasteiger partial charge in [0.15, 0.2) is 5.58 Å². The Morgan fingerprint density at radius 3 is 2.40 bits per heavy atom. The third kappa shape index (κ3) is 5.17. The smallest absolute Gasteiger partial charge is 0.453 e. The van der Waals surface area contributed by atoms with Crippen molar-refractivity contribution < 1.29 is 32.3 Å². The number of halogens is 3. The Morgan fingerprint density at radius 2 is 1.71 bits per heavy atom. The summed E-state index contributed by atoms with van der Waals surface area (Å²) < 4.78 is 53.0. The SMILES string of the molecule is Cc1ccc(C)c(Oc2c(C(F)(F)F)oc3c(C[NH+](C)Cc4ccccc4)c(O)ccc3c2=O)c1. The number of benzene rings is 3. The summed E-state index contributed by atoms with van der Waals surface area (Å²) in [7, 11) is 1.84. The molecule has 1 atom stereocenters. The number of phenols is 1. The van der Waals surface area contributed by atoms with Crippen molar-refractivity contribution in [2.45, 2.75) is 33.1 Å². The first-order valence-corrected chi connectivity index (χ1v) is 11.0. The maximum Gasteiger partial charge on any atom is 0.453 e. The van der Waals surface area contributed by atoms with Crippen molar-refractivity contribution in [1.82, 2.24) is 0 Å². The molecule has 0 saturated carbocycles. The summed E-state index contributed by atoms with van der Waals surface area (Å²) in [6, 6.07) is 17.1. The molecule has 0 spiro atoms. The third-order valence-corrected chi connectivity index (χ3v) is 5.74. The lowest BCUT2D eigenvalue weighted by Crippen LogP contribution is -3.06. The quantitative estimate of drug-likeness (QED) is 0.398. The van der Waals surface area contributed by atoms with Gasteiger partial charge in [-0.15, -0.1) is 0 Å². The average Bonchev–Trinajstić information content (AvgIpc) is 2.79. The van der Waals surface area contributed by atoms with E-state index in [1.54, 1.807) is 32.0 Å². The van der Waals surface area contributed by atoms with E-state index >= 15 is 0 Å². The molecule has 3 aromatic carbocycles. The van der Waals surface area contributed by atoms with Gasteiger partial charge in [0.1, 0.15) is 24.6 Å². The van der Waals surface area contributed by atoms with Crippen molar-refractivity contribution in [1.29, 1.82) is 0 Å². The molecular weight excluding hydrogens is 459 g/mol. The predicted molar refractivity (Wildman–Crippen MR) is 126 cm³/mol. The van der Waals surface area contributed by atoms with Crippen LogP contribution in [-0.4, -0.2) is 12.2 Å². The van der Waals surface area contributed by atoms with Gasteiger partial charge in [0, 0.05) is 5.56 Å². The van der Waals surface area contributed by atoms with Crippen LogP contribution in [-0.2, 0) is 19.3 Å². The van der Waals surface area contributed by atoms with Crippen molar-refractivity contribution in [2.75, 3.05) is 7.05 Å². The Bertz CT molecular complexity index is 1430. The summed E-state index contributed by atoms with van der Waals surface area (Å²) in [4.78, 5) is 14.1. The van der Waals surface area contributed by atoms with Crippen molar-refractivity contribution in [3.05, 3.63) is 98.9 Å². The molecule has 1 aromatic heterocycles. The molecule has 0 aliphatic rings. The van der Waals surface area contributed by atoms with Crippen molar-refractivity contribution in [3.8, 4) is 17.2 Å². The highest BCUT2D eigenvalue weighted by Gasteiger charge is 2.41. The second-order valence-corrected chi connectivity index (χ2v) is 8.69. The van der Waals surface area contributed by atoms with E-state index in [0.29, 0.717) is 12.1 Å². The van der Waals surface area contributed by atoms with Crippen LogP contribution in [0.3, 0.4) is 0 Å². The van der Waals surface area contributed by atoms with Gasteiger partial charge in [-0.2, -0.15) is 13.2 Å². The van der Waals surface area contributed by atoms with E-state index in [1.807, 2.05) is 37.4 Å². The molecule has 2 N–H and O–H groups in total. The Kier molecular flexibility index (Phi) is 6.58. The second kappa shape index (κ2) is 9.46. The molecule has 1 unspecified atom stereocenters. The molecule has 4 rings (SSSR count). The normalized spacial score (nSPS) is 12.6. The number of fused-ring (bicyclic) bond motifs is 1. The van der Waals surface area contributed by atoms with Crippen LogP contribution in [0.1, 0.15) is 28.0 Å². The minimum absolute atomic E-state index is 0.0985. The van der Waals surface area contributed by atoms with Crippen molar-refractivity contribution >= 4 is 11.0 Å². The van der Waals surface area contributed by atoms with Gasteiger partial charge in [-0.25, -0.2) is 0 Å². The van der Waals surface area contributed by atoms with E-state index in [9.17, 15) is 23.1 Å². The minimum atomic E-state index is -4.99. The summed E-state index contributed by atoms with van der Waals surface area (Å²) in [5.41, 5.74) is 1.22. The number of rotatable bonds is 6. The van der Waals surface area contributed by atoms with Crippen LogP contribution >= 0.6 is 0 Å². The number of aryl methyl sites for hydroxylation is 2. The summed E-state index contributed by atoms with van der Waals surface area (Å²) in [5, 5.41) is 10.4. The molecule has 0 aliphatic carbocycles. The molecule has 4 aromatic rings. The largest absolute Gasteiger partial charge is 0.507 e. The molecule has 0 bridgehead atoms. The predicted octanol–water partition coefficient (Wildman–Crippen LogP) is 5.14. The lowest BCUT2D eigenvalue weighted by molar-refractivity contribution is -0.907. The Morgan fingerprint density at radius 1 is 1.00 bits per heavy atom. The van der Waals surface area contributed by atoms with Gasteiger partial charge in [0.2, 0.25) is 11.2 Å². The first kappa shape index (κ1) is 24.3. The van der Waals surface area contributed by atoms with E-state index in [0.717, 1.165) is 16.0 Å². The summed E-state index contributed by atoms with van der Waals surface area (Å²) in [6.45, 7) is 4.13. The van der Waals surface area contributed by atoms with Crippen LogP contribution in [0, 0.1) is 13.8 Å². The lowest BCUT2D eigenvalue weighted by Gasteiger charge is -2.18. The van der Waals surface area contributed by atoms with Crippen LogP contribution in [0.5, 0.6) is 17.2 Å². The molecule has 0 saturated heterocycles. The summed E-state index contributed by atoms with van der Waals surface area (Å²) in [5.74, 6) is -2.58. The van der Waals surface area contributed by atoms with Gasteiger partial charge in [0.05, 0.1) is 18.0 Å². The monoisotopic (exact) mass is 484 g/mol. The summed E-state index contributed by atoms with van der Waals surface area (Å²) >= 11 is 0. The van der Waals surface area contributed by atoms with Gasteiger partial charge in [-0.3, -0.25) is 4.79 Å². The van der Waals surface area contributed by atoms with Gasteiger partial charge in [-0.1, -0.05) is 42.5 Å². The molecular formula is C27H25F3NO4+. The topological polar surface area (TPSA) is 64.1 Å². The van der Waals surface area contributed by atoms with Crippen LogP contribution in [0.2, 0.25) is 0 Å². The Labute approximate surface area is 200 Å². The molecule has 0 amide bonds. The van der Waals surface area contributed by atoms with E-state index in [-0.39, 0.29) is 34.6 Å². The van der Waals surface area contributed by atoms with E-state index in [1.165, 1.54) is 12.1 Å². The number of ether oxygens (including phenoxy) is 1. The number of phenolic OH excluding ortho intramolecular Hbond substituents is 1. The Balaban J connectivity index is 1.83. The van der Waals surface area contributed by atoms with Crippen LogP contribution < -0.4 is 15.1 Å². The Hall–Kier alpha value is -3.78. The lowest BCUT2D eigenvalue weighted by atomic mass is 10.1. The molecule has 5 nitrogen and oxygen atoms in total. The van der Waals surface area contributed by atoms with Gasteiger partial charge in [-0.05, 0) is 43.2 Å². The fourth-order valence-electron chi connectivity index (χ4n) is 3.97. The van der Waals surface area contributed by atoms with E-state index in [4.69, 9.17) is 9.15 Å². The number of hydrogen-bond acceptors (Lipinski definition) is 4. The van der Waals surface area contributed by atoms with Crippen LogP contribution in [0.4, 0.5) is 13.2 Å². The van der Waals surface area contributed by atoms with E-state index in [2.05, 4.69) is 0 Å². The number of hydrogen-bond donors (Lipinski definition) is 2. The third-order valence-electron chi connectivity index (χ3n) is 5.74. The van der Waals surface area contributed by atoms with Crippen molar-refractivity contribution in [2.24, 2.45) is 0 Å². The van der Waals surface area contributed by atoms with Gasteiger partial charge < -0.3 is 19.2 Å². The number of alkyl halides is 3. The maximum absolute atomic E-state index is 14.0. The van der Waals surface area contributed by atoms with E-state index < -0.39 is 23.1 Å². The molecule has 0 radical (unpaired) electrons. The highest BCUT2D eigenvalue weighted by atomic mass is 19.4. The van der Waals surface area contributed by atoms with Gasteiger partial charge >= 0.3 is 6.18 Å². The highest BCUT2D eigenvalue weighted by molar-refractivity contribution is 5.83. The number of aromatic hydroxyl groups is 1. The number of quaternary nitrogens is 1. The molecule has 0 aliphatic heterocycles. The van der Waals surface area contributed by atoms with Crippen LogP contribution in [0.15, 0.2) is 69.9 Å². The zero-order valence-electron chi connectivity index (χ0n) is 19.5. The fourth-order valence-corrected chi connectivity index (χ4v) is 3.97. The van der Waals surface area contributed by atoms with Crippen molar-refractivity contribution in [3.63, 3.8) is 0 Å². The first-order chi connectivity index (χ1) is 16.5. The maximum atomic E-state index is 14.0. The highest BCUT2D eigenvalue weighted by Crippen LogP contribution is 2.40. The minimum Gasteiger partial charge on any atom is -0.507 e. The molecule has 1 heterocycles. The zero-order chi connectivity index (χ0) is 25.3. The number of nitrogens with one attached hydrogen (secondary N) is 1. The van der Waals surface area contributed by atoms with Crippen LogP contribution in [0.25, 0.3) is 11.0 Å².